The van der Waals surface area contributed by atoms with Crippen molar-refractivity contribution in [1.29, 1.82) is 0 Å². The lowest BCUT2D eigenvalue weighted by atomic mass is 9.82. The zero-order chi connectivity index (χ0) is 20.7. The van der Waals surface area contributed by atoms with E-state index in [2.05, 4.69) is 39.6 Å². The van der Waals surface area contributed by atoms with Crippen molar-refractivity contribution in [2.45, 2.75) is 38.0 Å². The van der Waals surface area contributed by atoms with Crippen LogP contribution < -0.4 is 10.3 Å². The standard InChI is InChI=1S/C24H31N3O3/c1-25(12-18-5-3-4-6-23(18)29-2)13-19-7-8-22-20-9-17(11-27(22)24(19)28)10-26(14-20)21-15-30-16-21/h3-8,17,20-21H,9-16H2,1-2H3/t17-,20+/m0/s1. The SMILES string of the molecule is COc1ccccc1CN(C)Cc1ccc2n(c1=O)C[C@H]1C[C@@H]2CN(C2COC2)C1. The van der Waals surface area contributed by atoms with Crippen molar-refractivity contribution in [3.05, 3.63) is 63.6 Å². The zero-order valence-corrected chi connectivity index (χ0v) is 17.9. The Kier molecular flexibility index (Phi) is 5.39. The molecule has 30 heavy (non-hydrogen) atoms. The minimum atomic E-state index is 0.189. The van der Waals surface area contributed by atoms with Crippen LogP contribution in [0.3, 0.4) is 0 Å². The number of benzene rings is 1. The molecule has 160 valence electrons. The molecule has 6 nitrogen and oxygen atoms in total. The van der Waals surface area contributed by atoms with Gasteiger partial charge >= 0.3 is 0 Å². The maximum atomic E-state index is 13.3. The molecule has 1 aromatic heterocycles. The fraction of sp³-hybridized carbons (Fsp3) is 0.542. The summed E-state index contributed by atoms with van der Waals surface area (Å²) >= 11 is 0. The second-order valence-corrected chi connectivity index (χ2v) is 9.13. The third kappa shape index (κ3) is 3.68. The molecule has 2 bridgehead atoms. The topological polar surface area (TPSA) is 46.9 Å². The van der Waals surface area contributed by atoms with Gasteiger partial charge in [0.05, 0.1) is 26.4 Å². The largest absolute Gasteiger partial charge is 0.496 e. The third-order valence-corrected chi connectivity index (χ3v) is 6.92. The lowest BCUT2D eigenvalue weighted by Gasteiger charge is -2.47. The van der Waals surface area contributed by atoms with Crippen LogP contribution in [0.2, 0.25) is 0 Å². The van der Waals surface area contributed by atoms with Gasteiger partial charge in [-0.3, -0.25) is 14.6 Å². The van der Waals surface area contributed by atoms with E-state index in [0.29, 0.717) is 24.4 Å². The first kappa shape index (κ1) is 19.8. The van der Waals surface area contributed by atoms with Gasteiger partial charge in [-0.1, -0.05) is 24.3 Å². The highest BCUT2D eigenvalue weighted by molar-refractivity contribution is 5.33. The molecule has 5 rings (SSSR count). The second-order valence-electron chi connectivity index (χ2n) is 9.13. The molecular formula is C24H31N3O3. The van der Waals surface area contributed by atoms with E-state index in [1.165, 1.54) is 12.1 Å². The first-order chi connectivity index (χ1) is 14.6. The van der Waals surface area contributed by atoms with E-state index < -0.39 is 0 Å². The number of ether oxygens (including phenoxy) is 2. The Morgan fingerprint density at radius 2 is 1.87 bits per heavy atom. The van der Waals surface area contributed by atoms with Crippen molar-refractivity contribution < 1.29 is 9.47 Å². The van der Waals surface area contributed by atoms with Gasteiger partial charge in [0.15, 0.2) is 0 Å². The molecule has 0 radical (unpaired) electrons. The van der Waals surface area contributed by atoms with Crippen molar-refractivity contribution in [3.63, 3.8) is 0 Å². The maximum absolute atomic E-state index is 13.3. The molecule has 3 aliphatic rings. The lowest BCUT2D eigenvalue weighted by molar-refractivity contribution is -0.0827. The average molecular weight is 410 g/mol. The Morgan fingerprint density at radius 3 is 2.63 bits per heavy atom. The molecule has 1 aromatic carbocycles. The molecule has 2 fully saturated rings. The lowest BCUT2D eigenvalue weighted by Crippen LogP contribution is -2.56. The van der Waals surface area contributed by atoms with Crippen LogP contribution in [0, 0.1) is 5.92 Å². The first-order valence-electron chi connectivity index (χ1n) is 11.0. The summed E-state index contributed by atoms with van der Waals surface area (Å²) in [5.74, 6) is 1.92. The molecule has 6 heteroatoms. The van der Waals surface area contributed by atoms with E-state index in [1.54, 1.807) is 7.11 Å². The number of rotatable bonds is 6. The number of hydrogen-bond donors (Lipinski definition) is 0. The van der Waals surface area contributed by atoms with Gasteiger partial charge in [0.1, 0.15) is 5.75 Å². The molecular weight excluding hydrogens is 378 g/mol. The summed E-state index contributed by atoms with van der Waals surface area (Å²) in [6.45, 7) is 6.10. The van der Waals surface area contributed by atoms with E-state index in [0.717, 1.165) is 56.3 Å². The second kappa shape index (κ2) is 8.17. The maximum Gasteiger partial charge on any atom is 0.255 e. The van der Waals surface area contributed by atoms with Crippen LogP contribution in [0.25, 0.3) is 0 Å². The van der Waals surface area contributed by atoms with Crippen molar-refractivity contribution in [1.82, 2.24) is 14.4 Å². The predicted octanol–water partition coefficient (Wildman–Crippen LogP) is 2.31. The van der Waals surface area contributed by atoms with Gasteiger partial charge in [0.2, 0.25) is 0 Å². The summed E-state index contributed by atoms with van der Waals surface area (Å²) in [4.78, 5) is 18.1. The van der Waals surface area contributed by atoms with Crippen LogP contribution in [0.15, 0.2) is 41.2 Å². The fourth-order valence-corrected chi connectivity index (χ4v) is 5.35. The number of likely N-dealkylation sites (tertiary alicyclic amines) is 1. The van der Waals surface area contributed by atoms with Crippen LogP contribution in [-0.2, 0) is 24.4 Å². The quantitative estimate of drug-likeness (QED) is 0.733. The number of hydrogen-bond acceptors (Lipinski definition) is 5. The third-order valence-electron chi connectivity index (χ3n) is 6.92. The summed E-state index contributed by atoms with van der Waals surface area (Å²) in [6.07, 6.45) is 1.20. The molecule has 0 saturated carbocycles. The highest BCUT2D eigenvalue weighted by Crippen LogP contribution is 2.36. The molecule has 2 aromatic rings. The number of para-hydroxylation sites is 1. The minimum Gasteiger partial charge on any atom is -0.496 e. The molecule has 0 N–H and O–H groups in total. The molecule has 2 saturated heterocycles. The molecule has 0 spiro atoms. The van der Waals surface area contributed by atoms with Gasteiger partial charge in [0.25, 0.3) is 5.56 Å². The van der Waals surface area contributed by atoms with Gasteiger partial charge in [-0.15, -0.1) is 0 Å². The van der Waals surface area contributed by atoms with Crippen LogP contribution >= 0.6 is 0 Å². The molecule has 2 atom stereocenters. The van der Waals surface area contributed by atoms with Gasteiger partial charge in [0, 0.05) is 55.5 Å². The number of nitrogens with zero attached hydrogens (tertiary/aromatic N) is 3. The molecule has 3 aliphatic heterocycles. The van der Waals surface area contributed by atoms with E-state index >= 15 is 0 Å². The van der Waals surface area contributed by atoms with Crippen LogP contribution in [-0.4, -0.2) is 60.9 Å². The first-order valence-corrected chi connectivity index (χ1v) is 11.0. The fourth-order valence-electron chi connectivity index (χ4n) is 5.35. The molecule has 4 heterocycles. The molecule has 0 aliphatic carbocycles. The van der Waals surface area contributed by atoms with Crippen LogP contribution in [0.4, 0.5) is 0 Å². The summed E-state index contributed by atoms with van der Waals surface area (Å²) in [5.41, 5.74) is 3.42. The molecule has 0 unspecified atom stereocenters. The highest BCUT2D eigenvalue weighted by atomic mass is 16.5. The van der Waals surface area contributed by atoms with E-state index in [-0.39, 0.29) is 5.56 Å². The summed E-state index contributed by atoms with van der Waals surface area (Å²) in [7, 11) is 3.76. The molecule has 0 amide bonds. The van der Waals surface area contributed by atoms with Gasteiger partial charge in [-0.25, -0.2) is 0 Å². The number of aromatic nitrogens is 1. The Balaban J connectivity index is 1.32. The Labute approximate surface area is 178 Å². The van der Waals surface area contributed by atoms with Crippen LogP contribution in [0.1, 0.15) is 29.2 Å². The smallest absolute Gasteiger partial charge is 0.255 e. The van der Waals surface area contributed by atoms with E-state index in [4.69, 9.17) is 9.47 Å². The Bertz CT molecular complexity index is 968. The minimum absolute atomic E-state index is 0.189. The summed E-state index contributed by atoms with van der Waals surface area (Å²) < 4.78 is 12.9. The normalized spacial score (nSPS) is 23.8. The zero-order valence-electron chi connectivity index (χ0n) is 17.9. The Morgan fingerprint density at radius 1 is 1.07 bits per heavy atom. The number of methoxy groups -OCH3 is 1. The highest BCUT2D eigenvalue weighted by Gasteiger charge is 2.39. The van der Waals surface area contributed by atoms with Crippen LogP contribution in [0.5, 0.6) is 5.75 Å². The number of pyridine rings is 1. The summed E-state index contributed by atoms with van der Waals surface area (Å²) in [5, 5.41) is 0. The van der Waals surface area contributed by atoms with Gasteiger partial charge in [-0.05, 0) is 31.5 Å². The number of fused-ring (bicyclic) bond motifs is 4. The van der Waals surface area contributed by atoms with Crippen molar-refractivity contribution >= 4 is 0 Å². The van der Waals surface area contributed by atoms with E-state index in [1.807, 2.05) is 18.2 Å². The monoisotopic (exact) mass is 409 g/mol. The average Bonchev–Trinajstić information content (AvgIpc) is 2.69. The van der Waals surface area contributed by atoms with Gasteiger partial charge < -0.3 is 14.0 Å². The van der Waals surface area contributed by atoms with Crippen molar-refractivity contribution in [2.75, 3.05) is 40.5 Å². The van der Waals surface area contributed by atoms with Crippen molar-refractivity contribution in [3.8, 4) is 5.75 Å². The van der Waals surface area contributed by atoms with Gasteiger partial charge in [-0.2, -0.15) is 0 Å². The van der Waals surface area contributed by atoms with Crippen molar-refractivity contribution in [2.24, 2.45) is 5.92 Å². The Hall–Kier alpha value is -2.15. The number of piperidine rings is 1. The summed E-state index contributed by atoms with van der Waals surface area (Å²) in [6, 6.07) is 12.9. The predicted molar refractivity (Wildman–Crippen MR) is 116 cm³/mol. The van der Waals surface area contributed by atoms with E-state index in [9.17, 15) is 4.79 Å².